The van der Waals surface area contributed by atoms with Crippen LogP contribution in [-0.4, -0.2) is 74.0 Å². The second-order valence-electron chi connectivity index (χ2n) is 7.32. The van der Waals surface area contributed by atoms with Gasteiger partial charge < -0.3 is 10.1 Å². The zero-order valence-electron chi connectivity index (χ0n) is 16.5. The number of fused-ring (bicyclic) bond motifs is 1. The van der Waals surface area contributed by atoms with E-state index in [9.17, 15) is 18.0 Å². The Hall–Kier alpha value is -2.13. The first-order valence-electron chi connectivity index (χ1n) is 9.50. The molecule has 0 unspecified atom stereocenters. The van der Waals surface area contributed by atoms with E-state index in [4.69, 9.17) is 4.74 Å². The van der Waals surface area contributed by atoms with E-state index in [2.05, 4.69) is 5.32 Å². The smallest absolute Gasteiger partial charge is 0.253 e. The summed E-state index contributed by atoms with van der Waals surface area (Å²) in [5.41, 5.74) is 1.37. The van der Waals surface area contributed by atoms with Crippen molar-refractivity contribution in [3.05, 3.63) is 29.3 Å². The molecule has 2 saturated heterocycles. The van der Waals surface area contributed by atoms with Crippen molar-refractivity contribution < 1.29 is 22.7 Å². The van der Waals surface area contributed by atoms with Gasteiger partial charge in [-0.2, -0.15) is 0 Å². The van der Waals surface area contributed by atoms with Gasteiger partial charge in [-0.25, -0.2) is 12.7 Å². The van der Waals surface area contributed by atoms with Crippen LogP contribution in [0.2, 0.25) is 0 Å². The minimum Gasteiger partial charge on any atom is -0.497 e. The molecule has 1 aromatic carbocycles. The summed E-state index contributed by atoms with van der Waals surface area (Å²) in [6.45, 7) is 4.66. The van der Waals surface area contributed by atoms with E-state index in [1.807, 2.05) is 18.7 Å². The SMILES string of the molecule is CCCN1C(=O)[C@@H]2C[C@H](NC(=O)c3ccc(OC)cc3C)CN2CCS1(=O)=O. The maximum Gasteiger partial charge on any atom is 0.253 e. The van der Waals surface area contributed by atoms with Crippen LogP contribution >= 0.6 is 0 Å². The van der Waals surface area contributed by atoms with Gasteiger partial charge in [-0.05, 0) is 43.5 Å². The largest absolute Gasteiger partial charge is 0.497 e. The van der Waals surface area contributed by atoms with Crippen molar-refractivity contribution >= 4 is 21.8 Å². The van der Waals surface area contributed by atoms with Crippen LogP contribution in [0.4, 0.5) is 0 Å². The van der Waals surface area contributed by atoms with Crippen molar-refractivity contribution in [2.75, 3.05) is 32.5 Å². The molecule has 9 heteroatoms. The zero-order valence-corrected chi connectivity index (χ0v) is 17.3. The van der Waals surface area contributed by atoms with Crippen LogP contribution in [0.5, 0.6) is 5.75 Å². The lowest BCUT2D eigenvalue weighted by atomic mass is 10.1. The van der Waals surface area contributed by atoms with E-state index < -0.39 is 16.1 Å². The molecule has 0 saturated carbocycles. The van der Waals surface area contributed by atoms with E-state index in [-0.39, 0.29) is 30.2 Å². The van der Waals surface area contributed by atoms with Crippen molar-refractivity contribution in [3.63, 3.8) is 0 Å². The van der Waals surface area contributed by atoms with E-state index in [0.717, 1.165) is 9.87 Å². The first kappa shape index (κ1) is 20.6. The third-order valence-electron chi connectivity index (χ3n) is 5.35. The van der Waals surface area contributed by atoms with E-state index >= 15 is 0 Å². The number of carbonyl (C=O) groups is 2. The van der Waals surface area contributed by atoms with Crippen molar-refractivity contribution in [1.29, 1.82) is 0 Å². The summed E-state index contributed by atoms with van der Waals surface area (Å²) in [6, 6.07) is 4.55. The number of carbonyl (C=O) groups excluding carboxylic acids is 2. The third-order valence-corrected chi connectivity index (χ3v) is 7.08. The molecule has 0 spiro atoms. The first-order chi connectivity index (χ1) is 13.3. The van der Waals surface area contributed by atoms with Crippen LogP contribution in [-0.2, 0) is 14.8 Å². The molecule has 154 valence electrons. The lowest BCUT2D eigenvalue weighted by Gasteiger charge is -2.23. The lowest BCUT2D eigenvalue weighted by Crippen LogP contribution is -2.44. The average Bonchev–Trinajstić information content (AvgIpc) is 3.03. The number of amides is 2. The molecule has 1 N–H and O–H groups in total. The number of rotatable bonds is 5. The summed E-state index contributed by atoms with van der Waals surface area (Å²) in [5.74, 6) is 0.0316. The highest BCUT2D eigenvalue weighted by molar-refractivity contribution is 7.89. The van der Waals surface area contributed by atoms with Gasteiger partial charge in [0.1, 0.15) is 5.75 Å². The maximum absolute atomic E-state index is 12.8. The number of ether oxygens (including phenoxy) is 1. The lowest BCUT2D eigenvalue weighted by molar-refractivity contribution is -0.130. The molecule has 28 heavy (non-hydrogen) atoms. The molecule has 2 aliphatic heterocycles. The Balaban J connectivity index is 1.71. The van der Waals surface area contributed by atoms with Crippen molar-refractivity contribution in [1.82, 2.24) is 14.5 Å². The molecule has 0 radical (unpaired) electrons. The van der Waals surface area contributed by atoms with Gasteiger partial charge in [0, 0.05) is 31.2 Å². The van der Waals surface area contributed by atoms with E-state index in [1.165, 1.54) is 0 Å². The van der Waals surface area contributed by atoms with E-state index in [0.29, 0.717) is 37.2 Å². The van der Waals surface area contributed by atoms with Gasteiger partial charge in [-0.1, -0.05) is 6.92 Å². The third kappa shape index (κ3) is 4.00. The topological polar surface area (TPSA) is 96.0 Å². The summed E-state index contributed by atoms with van der Waals surface area (Å²) in [6.07, 6.45) is 0.990. The molecular weight excluding hydrogens is 382 g/mol. The molecule has 2 amide bonds. The Bertz CT molecular complexity index is 870. The predicted octanol–water partition coefficient (Wildman–Crippen LogP) is 0.758. The summed E-state index contributed by atoms with van der Waals surface area (Å²) >= 11 is 0. The second kappa shape index (κ2) is 8.08. The molecule has 2 heterocycles. The highest BCUT2D eigenvalue weighted by Gasteiger charge is 2.45. The molecular formula is C19H27N3O5S. The minimum atomic E-state index is -3.57. The molecule has 8 nitrogen and oxygen atoms in total. The molecule has 0 aliphatic carbocycles. The minimum absolute atomic E-state index is 0.0759. The Morgan fingerprint density at radius 1 is 1.36 bits per heavy atom. The number of methoxy groups -OCH3 is 1. The molecule has 2 atom stereocenters. The molecule has 3 rings (SSSR count). The van der Waals surface area contributed by atoms with Crippen molar-refractivity contribution in [2.24, 2.45) is 0 Å². The molecule has 2 fully saturated rings. The van der Waals surface area contributed by atoms with Gasteiger partial charge in [0.05, 0.1) is 18.9 Å². The van der Waals surface area contributed by atoms with Gasteiger partial charge in [0.2, 0.25) is 10.0 Å². The van der Waals surface area contributed by atoms with Crippen LogP contribution in [0.3, 0.4) is 0 Å². The molecule has 2 aliphatic rings. The maximum atomic E-state index is 12.8. The molecule has 0 bridgehead atoms. The van der Waals surface area contributed by atoms with Crippen LogP contribution in [0.1, 0.15) is 35.7 Å². The standard InChI is InChI=1S/C19H27N3O5S/c1-4-7-22-19(24)17-11-14(12-21(17)8-9-28(22,25)26)20-18(23)16-6-5-15(27-3)10-13(16)2/h5-6,10,14,17H,4,7-9,11-12H2,1-3H3,(H,20,23)/t14-,17-/m0/s1. The highest BCUT2D eigenvalue weighted by Crippen LogP contribution is 2.25. The molecule has 0 aromatic heterocycles. The predicted molar refractivity (Wildman–Crippen MR) is 105 cm³/mol. The van der Waals surface area contributed by atoms with Crippen molar-refractivity contribution in [2.45, 2.75) is 38.8 Å². The average molecular weight is 410 g/mol. The second-order valence-corrected chi connectivity index (χ2v) is 9.34. The van der Waals surface area contributed by atoms with Crippen molar-refractivity contribution in [3.8, 4) is 5.75 Å². The van der Waals surface area contributed by atoms with Gasteiger partial charge in [-0.15, -0.1) is 0 Å². The van der Waals surface area contributed by atoms with Gasteiger partial charge in [-0.3, -0.25) is 14.5 Å². The van der Waals surface area contributed by atoms with Crippen LogP contribution in [0.15, 0.2) is 18.2 Å². The van der Waals surface area contributed by atoms with Crippen LogP contribution < -0.4 is 10.1 Å². The summed E-state index contributed by atoms with van der Waals surface area (Å²) in [5, 5.41) is 3.00. The van der Waals surface area contributed by atoms with Gasteiger partial charge in [0.25, 0.3) is 11.8 Å². The fraction of sp³-hybridized carbons (Fsp3) is 0.579. The van der Waals surface area contributed by atoms with Crippen LogP contribution in [0, 0.1) is 6.92 Å². The quantitative estimate of drug-likeness (QED) is 0.771. The number of benzene rings is 1. The fourth-order valence-electron chi connectivity index (χ4n) is 3.89. The highest BCUT2D eigenvalue weighted by atomic mass is 32.2. The Labute approximate surface area is 165 Å². The number of nitrogens with one attached hydrogen (secondary N) is 1. The number of hydrogen-bond acceptors (Lipinski definition) is 6. The summed E-state index contributed by atoms with van der Waals surface area (Å²) < 4.78 is 30.9. The summed E-state index contributed by atoms with van der Waals surface area (Å²) in [7, 11) is -1.99. The number of nitrogens with zero attached hydrogens (tertiary/aromatic N) is 2. The van der Waals surface area contributed by atoms with Gasteiger partial charge >= 0.3 is 0 Å². The molecule has 1 aromatic rings. The Morgan fingerprint density at radius 3 is 2.75 bits per heavy atom. The monoisotopic (exact) mass is 409 g/mol. The Kier molecular flexibility index (Phi) is 5.95. The normalized spacial score (nSPS) is 24.5. The van der Waals surface area contributed by atoms with Gasteiger partial charge in [0.15, 0.2) is 0 Å². The summed E-state index contributed by atoms with van der Waals surface area (Å²) in [4.78, 5) is 27.4. The van der Waals surface area contributed by atoms with Crippen LogP contribution in [0.25, 0.3) is 0 Å². The number of aryl methyl sites for hydroxylation is 1. The van der Waals surface area contributed by atoms with E-state index in [1.54, 1.807) is 25.3 Å². The number of sulfonamides is 1. The zero-order chi connectivity index (χ0) is 20.5. The Morgan fingerprint density at radius 2 is 2.11 bits per heavy atom. The fourth-order valence-corrected chi connectivity index (χ4v) is 5.43. The first-order valence-corrected chi connectivity index (χ1v) is 11.1. The number of hydrogen-bond donors (Lipinski definition) is 1.